The van der Waals surface area contributed by atoms with Crippen molar-refractivity contribution in [1.29, 1.82) is 0 Å². The van der Waals surface area contributed by atoms with Crippen LogP contribution in [0.1, 0.15) is 11.1 Å². The van der Waals surface area contributed by atoms with Crippen LogP contribution in [0.15, 0.2) is 55.1 Å². The molecule has 0 saturated carbocycles. The number of hydrogen-bond donors (Lipinski definition) is 0. The van der Waals surface area contributed by atoms with Crippen LogP contribution in [0.2, 0.25) is 0 Å². The Balaban J connectivity index is 2.62. The van der Waals surface area contributed by atoms with Crippen LogP contribution >= 0.6 is 11.6 Å². The summed E-state index contributed by atoms with van der Waals surface area (Å²) in [5.41, 5.74) is 4.67. The SMILES string of the molecule is C=Cc1ccccc1-c1ccccc1CCl. The maximum absolute atomic E-state index is 5.95. The first-order valence-corrected chi connectivity index (χ1v) is 5.76. The normalized spacial score (nSPS) is 10.1. The summed E-state index contributed by atoms with van der Waals surface area (Å²) >= 11 is 5.95. The van der Waals surface area contributed by atoms with Crippen molar-refractivity contribution in [3.63, 3.8) is 0 Å². The van der Waals surface area contributed by atoms with E-state index >= 15 is 0 Å². The minimum Gasteiger partial charge on any atom is -0.122 e. The first-order valence-electron chi connectivity index (χ1n) is 5.22. The maximum atomic E-state index is 5.95. The third-order valence-electron chi connectivity index (χ3n) is 2.63. The summed E-state index contributed by atoms with van der Waals surface area (Å²) in [4.78, 5) is 0. The molecular formula is C15H13Cl. The van der Waals surface area contributed by atoms with Crippen LogP contribution in [-0.2, 0) is 5.88 Å². The standard InChI is InChI=1S/C15H13Cl/c1-2-12-7-3-5-9-14(12)15-10-6-4-8-13(15)11-16/h2-10H,1,11H2. The van der Waals surface area contributed by atoms with Gasteiger partial charge in [-0.1, -0.05) is 61.2 Å². The number of alkyl halides is 1. The van der Waals surface area contributed by atoms with Gasteiger partial charge in [0.05, 0.1) is 0 Å². The Labute approximate surface area is 101 Å². The molecule has 0 nitrogen and oxygen atoms in total. The monoisotopic (exact) mass is 228 g/mol. The fraction of sp³-hybridized carbons (Fsp3) is 0.0667. The van der Waals surface area contributed by atoms with Crippen LogP contribution < -0.4 is 0 Å². The summed E-state index contributed by atoms with van der Waals surface area (Å²) in [7, 11) is 0. The first-order chi connectivity index (χ1) is 7.86. The molecule has 80 valence electrons. The molecule has 0 aliphatic heterocycles. The van der Waals surface area contributed by atoms with E-state index in [0.29, 0.717) is 5.88 Å². The first kappa shape index (κ1) is 11.0. The topological polar surface area (TPSA) is 0 Å². The van der Waals surface area contributed by atoms with E-state index in [4.69, 9.17) is 11.6 Å². The quantitative estimate of drug-likeness (QED) is 0.666. The lowest BCUT2D eigenvalue weighted by molar-refractivity contribution is 1.39. The van der Waals surface area contributed by atoms with Gasteiger partial charge in [-0.25, -0.2) is 0 Å². The highest BCUT2D eigenvalue weighted by Crippen LogP contribution is 2.28. The van der Waals surface area contributed by atoms with Crippen LogP contribution in [0.25, 0.3) is 17.2 Å². The molecule has 0 spiro atoms. The van der Waals surface area contributed by atoms with Crippen LogP contribution in [0.5, 0.6) is 0 Å². The second-order valence-electron chi connectivity index (χ2n) is 3.58. The van der Waals surface area contributed by atoms with Gasteiger partial charge >= 0.3 is 0 Å². The van der Waals surface area contributed by atoms with Gasteiger partial charge in [-0.05, 0) is 22.3 Å². The average Bonchev–Trinajstić information content (AvgIpc) is 2.38. The van der Waals surface area contributed by atoms with Crippen LogP contribution in [-0.4, -0.2) is 0 Å². The van der Waals surface area contributed by atoms with E-state index in [1.165, 1.54) is 11.1 Å². The van der Waals surface area contributed by atoms with Gasteiger partial charge < -0.3 is 0 Å². The highest BCUT2D eigenvalue weighted by molar-refractivity contribution is 6.17. The molecule has 0 fully saturated rings. The largest absolute Gasteiger partial charge is 0.122 e. The lowest BCUT2D eigenvalue weighted by Crippen LogP contribution is -1.88. The molecular weight excluding hydrogens is 216 g/mol. The zero-order valence-corrected chi connectivity index (χ0v) is 9.74. The van der Waals surface area contributed by atoms with Gasteiger partial charge in [0.1, 0.15) is 0 Å². The summed E-state index contributed by atoms with van der Waals surface area (Å²) in [6, 6.07) is 16.4. The molecule has 2 rings (SSSR count). The van der Waals surface area contributed by atoms with Crippen LogP contribution in [0.3, 0.4) is 0 Å². The fourth-order valence-corrected chi connectivity index (χ4v) is 2.05. The number of halogens is 1. The highest BCUT2D eigenvalue weighted by Gasteiger charge is 2.05. The summed E-state index contributed by atoms with van der Waals surface area (Å²) in [5, 5.41) is 0. The van der Waals surface area contributed by atoms with Gasteiger partial charge in [0.2, 0.25) is 0 Å². The Bertz CT molecular complexity index is 500. The molecule has 1 heteroatoms. The molecule has 0 N–H and O–H groups in total. The van der Waals surface area contributed by atoms with Crippen molar-refractivity contribution in [2.45, 2.75) is 5.88 Å². The van der Waals surface area contributed by atoms with Crippen molar-refractivity contribution < 1.29 is 0 Å². The van der Waals surface area contributed by atoms with Crippen molar-refractivity contribution in [3.8, 4) is 11.1 Å². The predicted octanol–water partition coefficient (Wildman–Crippen LogP) is 4.74. The lowest BCUT2D eigenvalue weighted by Gasteiger charge is -2.09. The maximum Gasteiger partial charge on any atom is 0.0480 e. The molecule has 2 aromatic rings. The predicted molar refractivity (Wildman–Crippen MR) is 71.5 cm³/mol. The van der Waals surface area contributed by atoms with E-state index in [1.807, 2.05) is 30.3 Å². The lowest BCUT2D eigenvalue weighted by atomic mass is 9.96. The van der Waals surface area contributed by atoms with Crippen molar-refractivity contribution in [3.05, 3.63) is 66.2 Å². The summed E-state index contributed by atoms with van der Waals surface area (Å²) < 4.78 is 0. The molecule has 0 radical (unpaired) electrons. The van der Waals surface area contributed by atoms with Crippen molar-refractivity contribution in [2.24, 2.45) is 0 Å². The Morgan fingerprint density at radius 1 is 0.938 bits per heavy atom. The van der Waals surface area contributed by atoms with E-state index in [2.05, 4.69) is 30.8 Å². The van der Waals surface area contributed by atoms with Gasteiger partial charge in [-0.2, -0.15) is 0 Å². The summed E-state index contributed by atoms with van der Waals surface area (Å²) in [5.74, 6) is 0.529. The van der Waals surface area contributed by atoms with Crippen LogP contribution in [0, 0.1) is 0 Å². The molecule has 0 aliphatic rings. The highest BCUT2D eigenvalue weighted by atomic mass is 35.5. The van der Waals surface area contributed by atoms with Gasteiger partial charge in [0, 0.05) is 5.88 Å². The second-order valence-corrected chi connectivity index (χ2v) is 3.85. The van der Waals surface area contributed by atoms with E-state index in [0.717, 1.165) is 11.1 Å². The van der Waals surface area contributed by atoms with Gasteiger partial charge in [-0.3, -0.25) is 0 Å². The molecule has 0 bridgehead atoms. The minimum atomic E-state index is 0.529. The number of benzene rings is 2. The number of rotatable bonds is 3. The number of hydrogen-bond acceptors (Lipinski definition) is 0. The molecule has 0 amide bonds. The van der Waals surface area contributed by atoms with E-state index < -0.39 is 0 Å². The molecule has 0 atom stereocenters. The summed E-state index contributed by atoms with van der Waals surface area (Å²) in [6.07, 6.45) is 1.88. The smallest absolute Gasteiger partial charge is 0.0480 e. The minimum absolute atomic E-state index is 0.529. The third-order valence-corrected chi connectivity index (χ3v) is 2.92. The molecule has 16 heavy (non-hydrogen) atoms. The van der Waals surface area contributed by atoms with Gasteiger partial charge in [0.25, 0.3) is 0 Å². The van der Waals surface area contributed by atoms with E-state index in [1.54, 1.807) is 0 Å². The Hall–Kier alpha value is -1.53. The molecule has 2 aromatic carbocycles. The molecule has 0 aliphatic carbocycles. The average molecular weight is 229 g/mol. The van der Waals surface area contributed by atoms with E-state index in [-0.39, 0.29) is 0 Å². The fourth-order valence-electron chi connectivity index (χ4n) is 1.82. The Morgan fingerprint density at radius 3 is 2.25 bits per heavy atom. The zero-order chi connectivity index (χ0) is 11.4. The molecule has 0 heterocycles. The van der Waals surface area contributed by atoms with E-state index in [9.17, 15) is 0 Å². The summed E-state index contributed by atoms with van der Waals surface area (Å²) in [6.45, 7) is 3.84. The molecule has 0 unspecified atom stereocenters. The van der Waals surface area contributed by atoms with Crippen LogP contribution in [0.4, 0.5) is 0 Å². The second kappa shape index (κ2) is 5.00. The van der Waals surface area contributed by atoms with Crippen molar-refractivity contribution in [2.75, 3.05) is 0 Å². The third kappa shape index (κ3) is 2.02. The van der Waals surface area contributed by atoms with Gasteiger partial charge in [-0.15, -0.1) is 11.6 Å². The Kier molecular flexibility index (Phi) is 3.43. The Morgan fingerprint density at radius 2 is 1.56 bits per heavy atom. The zero-order valence-electron chi connectivity index (χ0n) is 8.99. The van der Waals surface area contributed by atoms with Gasteiger partial charge in [0.15, 0.2) is 0 Å². The van der Waals surface area contributed by atoms with Crippen molar-refractivity contribution in [1.82, 2.24) is 0 Å². The molecule has 0 saturated heterocycles. The van der Waals surface area contributed by atoms with Crippen molar-refractivity contribution >= 4 is 17.7 Å². The molecule has 0 aromatic heterocycles.